The standard InChI is InChI=1S/C8H10O.C7H7BrO/c1-6-4-3-5-8(9)7(6)2;1-9-7-4-2-3-6(8)5-7/h3-5,9H,1-2H3;2-5H,1H3. The van der Waals surface area contributed by atoms with Crippen molar-refractivity contribution in [2.45, 2.75) is 13.8 Å². The lowest BCUT2D eigenvalue weighted by Crippen LogP contribution is -1.79. The number of aromatic hydroxyl groups is 1. The van der Waals surface area contributed by atoms with Gasteiger partial charge in [-0.1, -0.05) is 34.1 Å². The Hall–Kier alpha value is -1.48. The van der Waals surface area contributed by atoms with Gasteiger partial charge in [-0.2, -0.15) is 0 Å². The first-order valence-corrected chi connectivity index (χ1v) is 6.38. The molecule has 96 valence electrons. The SMILES string of the molecule is COc1cccc(Br)c1.Cc1cccc(O)c1C. The lowest BCUT2D eigenvalue weighted by atomic mass is 10.1. The van der Waals surface area contributed by atoms with Gasteiger partial charge in [-0.25, -0.2) is 0 Å². The maximum absolute atomic E-state index is 9.10. The van der Waals surface area contributed by atoms with Gasteiger partial charge in [0.05, 0.1) is 7.11 Å². The van der Waals surface area contributed by atoms with Gasteiger partial charge < -0.3 is 9.84 Å². The van der Waals surface area contributed by atoms with E-state index < -0.39 is 0 Å². The summed E-state index contributed by atoms with van der Waals surface area (Å²) in [6.07, 6.45) is 0. The smallest absolute Gasteiger partial charge is 0.119 e. The van der Waals surface area contributed by atoms with Crippen LogP contribution in [0.1, 0.15) is 11.1 Å². The van der Waals surface area contributed by atoms with Gasteiger partial charge >= 0.3 is 0 Å². The number of aryl methyl sites for hydroxylation is 1. The molecule has 2 nitrogen and oxygen atoms in total. The molecule has 0 saturated heterocycles. The fraction of sp³-hybridized carbons (Fsp3) is 0.200. The zero-order valence-electron chi connectivity index (χ0n) is 10.8. The van der Waals surface area contributed by atoms with Crippen LogP contribution in [0.2, 0.25) is 0 Å². The fourth-order valence-electron chi connectivity index (χ4n) is 1.33. The summed E-state index contributed by atoms with van der Waals surface area (Å²) in [6.45, 7) is 3.89. The number of phenolic OH excluding ortho intramolecular Hbond substituents is 1. The van der Waals surface area contributed by atoms with Crippen LogP contribution >= 0.6 is 15.9 Å². The lowest BCUT2D eigenvalue weighted by Gasteiger charge is -1.99. The number of halogens is 1. The summed E-state index contributed by atoms with van der Waals surface area (Å²) >= 11 is 3.32. The second-order valence-corrected chi connectivity index (χ2v) is 4.80. The number of benzene rings is 2. The van der Waals surface area contributed by atoms with E-state index in [4.69, 9.17) is 9.84 Å². The summed E-state index contributed by atoms with van der Waals surface area (Å²) in [7, 11) is 1.65. The molecular weight excluding hydrogens is 292 g/mol. The molecule has 0 spiro atoms. The lowest BCUT2D eigenvalue weighted by molar-refractivity contribution is 0.414. The molecule has 18 heavy (non-hydrogen) atoms. The topological polar surface area (TPSA) is 29.5 Å². The average molecular weight is 309 g/mol. The van der Waals surface area contributed by atoms with E-state index in [2.05, 4.69) is 15.9 Å². The van der Waals surface area contributed by atoms with Crippen LogP contribution in [-0.4, -0.2) is 12.2 Å². The van der Waals surface area contributed by atoms with Gasteiger partial charge in [0.2, 0.25) is 0 Å². The van der Waals surface area contributed by atoms with Gasteiger partial charge in [0.1, 0.15) is 11.5 Å². The number of hydrogen-bond acceptors (Lipinski definition) is 2. The molecule has 3 heteroatoms. The highest BCUT2D eigenvalue weighted by molar-refractivity contribution is 9.10. The van der Waals surface area contributed by atoms with Crippen molar-refractivity contribution >= 4 is 15.9 Å². The molecule has 0 unspecified atom stereocenters. The van der Waals surface area contributed by atoms with Crippen molar-refractivity contribution in [1.29, 1.82) is 0 Å². The summed E-state index contributed by atoms with van der Waals surface area (Å²) in [6, 6.07) is 13.2. The van der Waals surface area contributed by atoms with E-state index in [-0.39, 0.29) is 0 Å². The molecule has 2 aromatic rings. The van der Waals surface area contributed by atoms with Gasteiger partial charge in [-0.3, -0.25) is 0 Å². The van der Waals surface area contributed by atoms with Crippen molar-refractivity contribution in [1.82, 2.24) is 0 Å². The molecule has 0 atom stereocenters. The summed E-state index contributed by atoms with van der Waals surface area (Å²) < 4.78 is 6.01. The first-order valence-electron chi connectivity index (χ1n) is 5.59. The third-order valence-electron chi connectivity index (χ3n) is 2.61. The zero-order chi connectivity index (χ0) is 13.5. The minimum atomic E-state index is 0.384. The minimum Gasteiger partial charge on any atom is -0.508 e. The largest absolute Gasteiger partial charge is 0.508 e. The Bertz CT molecular complexity index is 489. The summed E-state index contributed by atoms with van der Waals surface area (Å²) in [5.41, 5.74) is 2.10. The van der Waals surface area contributed by atoms with Crippen molar-refractivity contribution < 1.29 is 9.84 Å². The third-order valence-corrected chi connectivity index (χ3v) is 3.10. The van der Waals surface area contributed by atoms with E-state index >= 15 is 0 Å². The van der Waals surface area contributed by atoms with E-state index in [0.29, 0.717) is 5.75 Å². The van der Waals surface area contributed by atoms with Crippen LogP contribution in [0.3, 0.4) is 0 Å². The average Bonchev–Trinajstić information content (AvgIpc) is 2.36. The molecule has 0 aliphatic rings. The van der Waals surface area contributed by atoms with E-state index in [1.807, 2.05) is 50.2 Å². The second kappa shape index (κ2) is 7.07. The quantitative estimate of drug-likeness (QED) is 0.842. The minimum absolute atomic E-state index is 0.384. The molecule has 2 aromatic carbocycles. The van der Waals surface area contributed by atoms with Crippen LogP contribution in [0.15, 0.2) is 46.9 Å². The zero-order valence-corrected chi connectivity index (χ0v) is 12.4. The predicted molar refractivity (Wildman–Crippen MR) is 78.3 cm³/mol. The van der Waals surface area contributed by atoms with Gasteiger partial charge in [0, 0.05) is 4.47 Å². The van der Waals surface area contributed by atoms with Crippen molar-refractivity contribution in [3.05, 3.63) is 58.1 Å². The number of hydrogen-bond donors (Lipinski definition) is 1. The maximum atomic E-state index is 9.10. The normalized spacial score (nSPS) is 9.33. The van der Waals surface area contributed by atoms with Crippen LogP contribution in [0, 0.1) is 13.8 Å². The molecular formula is C15H17BrO2. The Morgan fingerprint density at radius 2 is 1.72 bits per heavy atom. The fourth-order valence-corrected chi connectivity index (χ4v) is 1.71. The molecule has 0 amide bonds. The maximum Gasteiger partial charge on any atom is 0.119 e. The number of methoxy groups -OCH3 is 1. The van der Waals surface area contributed by atoms with Gasteiger partial charge in [0.25, 0.3) is 0 Å². The molecule has 1 N–H and O–H groups in total. The van der Waals surface area contributed by atoms with Crippen molar-refractivity contribution in [3.63, 3.8) is 0 Å². The van der Waals surface area contributed by atoms with Crippen LogP contribution in [0.25, 0.3) is 0 Å². The van der Waals surface area contributed by atoms with Crippen LogP contribution in [0.4, 0.5) is 0 Å². The molecule has 2 rings (SSSR count). The Kier molecular flexibility index (Phi) is 5.72. The first kappa shape index (κ1) is 14.6. The number of ether oxygens (including phenoxy) is 1. The Morgan fingerprint density at radius 1 is 1.06 bits per heavy atom. The second-order valence-electron chi connectivity index (χ2n) is 3.88. The molecule has 0 aliphatic heterocycles. The number of rotatable bonds is 1. The van der Waals surface area contributed by atoms with E-state index in [0.717, 1.165) is 21.3 Å². The molecule has 0 saturated carbocycles. The molecule has 0 bridgehead atoms. The van der Waals surface area contributed by atoms with E-state index in [1.165, 1.54) is 0 Å². The van der Waals surface area contributed by atoms with Gasteiger partial charge in [-0.05, 0) is 49.2 Å². The van der Waals surface area contributed by atoms with Gasteiger partial charge in [-0.15, -0.1) is 0 Å². The van der Waals surface area contributed by atoms with Crippen molar-refractivity contribution in [2.75, 3.05) is 7.11 Å². The summed E-state index contributed by atoms with van der Waals surface area (Å²) in [5, 5.41) is 9.10. The molecule has 0 fully saturated rings. The highest BCUT2D eigenvalue weighted by Crippen LogP contribution is 2.18. The molecule has 0 aliphatic carbocycles. The van der Waals surface area contributed by atoms with Crippen molar-refractivity contribution in [2.24, 2.45) is 0 Å². The highest BCUT2D eigenvalue weighted by Gasteiger charge is 1.94. The first-order chi connectivity index (χ1) is 8.54. The predicted octanol–water partition coefficient (Wildman–Crippen LogP) is 4.47. The summed E-state index contributed by atoms with van der Waals surface area (Å²) in [5.74, 6) is 1.26. The molecule has 0 heterocycles. The Morgan fingerprint density at radius 3 is 2.17 bits per heavy atom. The monoisotopic (exact) mass is 308 g/mol. The molecule has 0 aromatic heterocycles. The Balaban J connectivity index is 0.000000180. The van der Waals surface area contributed by atoms with Crippen LogP contribution < -0.4 is 4.74 Å². The third kappa shape index (κ3) is 4.41. The van der Waals surface area contributed by atoms with E-state index in [9.17, 15) is 0 Å². The molecule has 0 radical (unpaired) electrons. The van der Waals surface area contributed by atoms with Crippen LogP contribution in [-0.2, 0) is 0 Å². The highest BCUT2D eigenvalue weighted by atomic mass is 79.9. The number of phenols is 1. The van der Waals surface area contributed by atoms with Crippen molar-refractivity contribution in [3.8, 4) is 11.5 Å². The van der Waals surface area contributed by atoms with Crippen LogP contribution in [0.5, 0.6) is 11.5 Å². The summed E-state index contributed by atoms with van der Waals surface area (Å²) in [4.78, 5) is 0. The van der Waals surface area contributed by atoms with E-state index in [1.54, 1.807) is 13.2 Å². The van der Waals surface area contributed by atoms with Gasteiger partial charge in [0.15, 0.2) is 0 Å². The Labute approximate surface area is 116 Å².